The number of benzene rings is 3. The summed E-state index contributed by atoms with van der Waals surface area (Å²) in [7, 11) is 2.33. The molecule has 0 bridgehead atoms. The number of nitrogens with one attached hydrogen (secondary N) is 2. The monoisotopic (exact) mass is 551 g/mol. The number of hydrogen-bond donors (Lipinski definition) is 3. The minimum Gasteiger partial charge on any atom is -0.466 e. The maximum absolute atomic E-state index is 13.5. The third-order valence-electron chi connectivity index (χ3n) is 6.78. The fraction of sp³-hybridized carbons (Fsp3) is 0.161. The highest BCUT2D eigenvalue weighted by atomic mass is 16.5. The predicted molar refractivity (Wildman–Crippen MR) is 153 cm³/mol. The predicted octanol–water partition coefficient (Wildman–Crippen LogP) is 3.96. The van der Waals surface area contributed by atoms with Gasteiger partial charge in [-0.1, -0.05) is 60.7 Å². The van der Waals surface area contributed by atoms with Gasteiger partial charge >= 0.3 is 11.9 Å². The molecule has 10 heteroatoms. The lowest BCUT2D eigenvalue weighted by Gasteiger charge is -2.36. The van der Waals surface area contributed by atoms with Crippen molar-refractivity contribution in [1.82, 2.24) is 5.43 Å². The fourth-order valence-corrected chi connectivity index (χ4v) is 4.82. The summed E-state index contributed by atoms with van der Waals surface area (Å²) in [6, 6.07) is 22.9. The highest BCUT2D eigenvalue weighted by Gasteiger charge is 2.43. The average molecular weight is 552 g/mol. The Hall–Kier alpha value is -5.56. The summed E-state index contributed by atoms with van der Waals surface area (Å²) >= 11 is 0. The molecule has 0 radical (unpaired) electrons. The number of methoxy groups -OCH3 is 2. The molecule has 1 unspecified atom stereocenters. The zero-order valence-electron chi connectivity index (χ0n) is 23.0. The first-order valence-corrected chi connectivity index (χ1v) is 12.6. The van der Waals surface area contributed by atoms with Crippen LogP contribution < -0.4 is 21.5 Å². The number of ether oxygens (including phenoxy) is 2. The van der Waals surface area contributed by atoms with E-state index in [2.05, 4.69) is 16.9 Å². The van der Waals surface area contributed by atoms with Gasteiger partial charge in [-0.25, -0.2) is 9.59 Å². The Morgan fingerprint density at radius 1 is 0.878 bits per heavy atom. The number of esters is 2. The number of hydrogen-bond acceptors (Lipinski definition) is 9. The van der Waals surface area contributed by atoms with Crippen molar-refractivity contribution in [2.75, 3.05) is 24.5 Å². The maximum atomic E-state index is 13.5. The molecule has 1 aliphatic heterocycles. The van der Waals surface area contributed by atoms with E-state index in [1.807, 2.05) is 32.0 Å². The van der Waals surface area contributed by atoms with Gasteiger partial charge in [-0.15, -0.1) is 0 Å². The molecule has 3 aromatic rings. The van der Waals surface area contributed by atoms with Crippen molar-refractivity contribution in [3.05, 3.63) is 118 Å². The lowest BCUT2D eigenvalue weighted by atomic mass is 9.80. The summed E-state index contributed by atoms with van der Waals surface area (Å²) in [5.74, 6) is -3.48. The SMILES string of the molecule is COC(=O)C1=C(C(=O)OC)N(c2ccccc2C(=O)NNc2c(C)cccc2C)C(N)=C(C#N)C1c1ccccc1. The van der Waals surface area contributed by atoms with Crippen molar-refractivity contribution in [3.8, 4) is 6.07 Å². The van der Waals surface area contributed by atoms with E-state index in [-0.39, 0.29) is 33.9 Å². The molecule has 3 aromatic carbocycles. The van der Waals surface area contributed by atoms with E-state index in [4.69, 9.17) is 15.2 Å². The molecule has 0 saturated heterocycles. The lowest BCUT2D eigenvalue weighted by Crippen LogP contribution is -2.42. The number of anilines is 2. The Morgan fingerprint density at radius 2 is 1.49 bits per heavy atom. The molecular weight excluding hydrogens is 522 g/mol. The van der Waals surface area contributed by atoms with Gasteiger partial charge in [0.1, 0.15) is 11.5 Å². The topological polar surface area (TPSA) is 147 Å². The zero-order valence-corrected chi connectivity index (χ0v) is 23.0. The minimum atomic E-state index is -1.02. The van der Waals surface area contributed by atoms with Crippen molar-refractivity contribution in [2.45, 2.75) is 19.8 Å². The van der Waals surface area contributed by atoms with Gasteiger partial charge in [0, 0.05) is 0 Å². The molecule has 10 nitrogen and oxygen atoms in total. The number of nitriles is 1. The highest BCUT2D eigenvalue weighted by molar-refractivity contribution is 6.09. The van der Waals surface area contributed by atoms with Crippen LogP contribution in [-0.2, 0) is 19.1 Å². The van der Waals surface area contributed by atoms with Gasteiger partial charge in [-0.05, 0) is 42.7 Å². The molecule has 4 N–H and O–H groups in total. The number of amides is 1. The number of para-hydroxylation sites is 2. The summed E-state index contributed by atoms with van der Waals surface area (Å²) < 4.78 is 10.2. The standard InChI is InChI=1S/C31H29N5O5/c1-18-11-10-12-19(2)26(18)34-35-29(37)21-15-8-9-16-23(21)36-27(31(39)41-4)25(30(38)40-3)24(22(17-32)28(36)33)20-13-6-5-7-14-20/h5-16,24,34H,33H2,1-4H3,(H,35,37). The second-order valence-electron chi connectivity index (χ2n) is 9.20. The van der Waals surface area contributed by atoms with Crippen LogP contribution in [-0.4, -0.2) is 32.1 Å². The number of aryl methyl sites for hydroxylation is 2. The summed E-state index contributed by atoms with van der Waals surface area (Å²) in [6.07, 6.45) is 0. The van der Waals surface area contributed by atoms with E-state index in [0.717, 1.165) is 23.9 Å². The van der Waals surface area contributed by atoms with E-state index in [1.54, 1.807) is 48.5 Å². The second kappa shape index (κ2) is 12.1. The smallest absolute Gasteiger partial charge is 0.355 e. The van der Waals surface area contributed by atoms with E-state index < -0.39 is 23.8 Å². The molecule has 0 fully saturated rings. The molecule has 1 atom stereocenters. The number of hydrazine groups is 1. The van der Waals surface area contributed by atoms with Crippen LogP contribution in [0.5, 0.6) is 0 Å². The molecule has 0 aliphatic carbocycles. The Kier molecular flexibility index (Phi) is 8.39. The molecule has 1 heterocycles. The quantitative estimate of drug-likeness (QED) is 0.293. The average Bonchev–Trinajstić information content (AvgIpc) is 2.99. The van der Waals surface area contributed by atoms with Crippen LogP contribution in [0.3, 0.4) is 0 Å². The van der Waals surface area contributed by atoms with Gasteiger partial charge in [0.2, 0.25) is 0 Å². The van der Waals surface area contributed by atoms with Crippen LogP contribution in [0.25, 0.3) is 0 Å². The number of nitrogens with two attached hydrogens (primary N) is 1. The Labute approximate surface area is 237 Å². The summed E-state index contributed by atoms with van der Waals surface area (Å²) in [5, 5.41) is 10.3. The van der Waals surface area contributed by atoms with Gasteiger partial charge in [0.05, 0.1) is 54.3 Å². The van der Waals surface area contributed by atoms with Crippen LogP contribution in [0.4, 0.5) is 11.4 Å². The largest absolute Gasteiger partial charge is 0.466 e. The van der Waals surface area contributed by atoms with Crippen LogP contribution in [0.2, 0.25) is 0 Å². The van der Waals surface area contributed by atoms with Gasteiger partial charge in [0.15, 0.2) is 0 Å². The maximum Gasteiger partial charge on any atom is 0.355 e. The number of carbonyl (C=O) groups excluding carboxylic acids is 3. The number of allylic oxidation sites excluding steroid dienone is 1. The third-order valence-corrected chi connectivity index (χ3v) is 6.78. The van der Waals surface area contributed by atoms with Gasteiger partial charge in [0.25, 0.3) is 5.91 Å². The Balaban J connectivity index is 1.91. The van der Waals surface area contributed by atoms with Crippen molar-refractivity contribution in [3.63, 3.8) is 0 Å². The van der Waals surface area contributed by atoms with Gasteiger partial charge in [-0.3, -0.25) is 20.5 Å². The molecule has 0 spiro atoms. The molecule has 208 valence electrons. The van der Waals surface area contributed by atoms with Crippen molar-refractivity contribution >= 4 is 29.2 Å². The first kappa shape index (κ1) is 28.4. The normalized spacial score (nSPS) is 14.7. The van der Waals surface area contributed by atoms with Gasteiger partial charge < -0.3 is 15.2 Å². The first-order valence-electron chi connectivity index (χ1n) is 12.6. The molecule has 0 aromatic heterocycles. The summed E-state index contributed by atoms with van der Waals surface area (Å²) in [4.78, 5) is 41.4. The summed E-state index contributed by atoms with van der Waals surface area (Å²) in [5.41, 5.74) is 15.2. The Bertz CT molecular complexity index is 1600. The summed E-state index contributed by atoms with van der Waals surface area (Å²) in [6.45, 7) is 3.81. The molecule has 0 saturated carbocycles. The Morgan fingerprint density at radius 3 is 2.10 bits per heavy atom. The van der Waals surface area contributed by atoms with Crippen molar-refractivity contribution < 1.29 is 23.9 Å². The van der Waals surface area contributed by atoms with Crippen LogP contribution in [0.1, 0.15) is 33.0 Å². The molecule has 4 rings (SSSR count). The minimum absolute atomic E-state index is 0.00637. The van der Waals surface area contributed by atoms with E-state index in [9.17, 15) is 19.6 Å². The third kappa shape index (κ3) is 5.33. The fourth-order valence-electron chi connectivity index (χ4n) is 4.82. The molecule has 41 heavy (non-hydrogen) atoms. The zero-order chi connectivity index (χ0) is 29.7. The second-order valence-corrected chi connectivity index (χ2v) is 9.20. The van der Waals surface area contributed by atoms with Crippen molar-refractivity contribution in [2.24, 2.45) is 5.73 Å². The number of rotatable bonds is 7. The number of nitrogens with zero attached hydrogens (tertiary/aromatic N) is 2. The molecule has 1 aliphatic rings. The van der Waals surface area contributed by atoms with Crippen LogP contribution in [0, 0.1) is 25.2 Å². The molecule has 1 amide bonds. The van der Waals surface area contributed by atoms with E-state index in [0.29, 0.717) is 5.56 Å². The lowest BCUT2D eigenvalue weighted by molar-refractivity contribution is -0.139. The first-order chi connectivity index (χ1) is 19.7. The number of carbonyl (C=O) groups is 3. The van der Waals surface area contributed by atoms with E-state index >= 15 is 0 Å². The highest BCUT2D eigenvalue weighted by Crippen LogP contribution is 2.43. The van der Waals surface area contributed by atoms with E-state index in [1.165, 1.54) is 18.1 Å². The van der Waals surface area contributed by atoms with Crippen LogP contribution in [0.15, 0.2) is 95.5 Å². The van der Waals surface area contributed by atoms with Crippen LogP contribution >= 0.6 is 0 Å². The van der Waals surface area contributed by atoms with Gasteiger partial charge in [-0.2, -0.15) is 5.26 Å². The molecular formula is C31H29N5O5. The van der Waals surface area contributed by atoms with Crippen molar-refractivity contribution in [1.29, 1.82) is 5.26 Å².